The van der Waals surface area contributed by atoms with Crippen LogP contribution in [0.25, 0.3) is 0 Å². The van der Waals surface area contributed by atoms with E-state index >= 15 is 0 Å². The number of ether oxygens (including phenoxy) is 1. The van der Waals surface area contributed by atoms with Gasteiger partial charge in [-0.15, -0.1) is 0 Å². The molecule has 1 aliphatic rings. The molecule has 0 aliphatic carbocycles. The molecule has 2 heterocycles. The zero-order valence-corrected chi connectivity index (χ0v) is 13.3. The average molecular weight is 312 g/mol. The Morgan fingerprint density at radius 2 is 2.24 bits per heavy atom. The molecule has 1 unspecified atom stereocenters. The Hall–Kier alpha value is -0.950. The van der Waals surface area contributed by atoms with Gasteiger partial charge in [0.25, 0.3) is 0 Å². The number of morpholine rings is 1. The molecule has 1 N–H and O–H groups in total. The lowest BCUT2D eigenvalue weighted by atomic mass is 10.0. The maximum Gasteiger partial charge on any atom is 0.229 e. The van der Waals surface area contributed by atoms with Gasteiger partial charge < -0.3 is 14.7 Å². The Morgan fingerprint density at radius 1 is 1.48 bits per heavy atom. The first-order valence-electron chi connectivity index (χ1n) is 7.44. The molecule has 21 heavy (non-hydrogen) atoms. The average Bonchev–Trinajstić information content (AvgIpc) is 3.05. The van der Waals surface area contributed by atoms with E-state index in [-0.39, 0.29) is 18.4 Å². The first-order chi connectivity index (χ1) is 10.2. The molecule has 0 saturated carbocycles. The number of rotatable bonds is 7. The molecule has 1 aliphatic heterocycles. The van der Waals surface area contributed by atoms with E-state index in [1.165, 1.54) is 0 Å². The molecule has 1 saturated heterocycles. The van der Waals surface area contributed by atoms with Crippen LogP contribution in [-0.4, -0.2) is 73.4 Å². The highest BCUT2D eigenvalue weighted by Crippen LogP contribution is 2.20. The molecule has 0 radical (unpaired) electrons. The molecular weight excluding hydrogens is 288 g/mol. The minimum absolute atomic E-state index is 0.00517. The maximum atomic E-state index is 12.6. The largest absolute Gasteiger partial charge is 0.395 e. The number of hydrogen-bond acceptors (Lipinski definition) is 5. The van der Waals surface area contributed by atoms with Gasteiger partial charge in [-0.1, -0.05) is 0 Å². The van der Waals surface area contributed by atoms with Crippen LogP contribution in [0.1, 0.15) is 18.4 Å². The molecule has 6 heteroatoms. The molecular formula is C15H24N2O3S. The van der Waals surface area contributed by atoms with E-state index in [1.54, 1.807) is 16.2 Å². The number of nitrogens with zero attached hydrogens (tertiary/aromatic N) is 2. The smallest absolute Gasteiger partial charge is 0.229 e. The molecule has 0 bridgehead atoms. The molecule has 1 atom stereocenters. The highest BCUT2D eigenvalue weighted by Gasteiger charge is 2.22. The van der Waals surface area contributed by atoms with E-state index < -0.39 is 0 Å². The van der Waals surface area contributed by atoms with Gasteiger partial charge in [-0.3, -0.25) is 9.69 Å². The Balaban J connectivity index is 1.89. The molecule has 1 fully saturated rings. The standard InChI is InChI=1S/C15H24N2O3S/c1-13(14-2-11-21-12-14)15(19)17(5-8-18)4-3-16-6-9-20-10-7-16/h2,11-13,18H,3-10H2,1H3. The minimum atomic E-state index is -0.146. The summed E-state index contributed by atoms with van der Waals surface area (Å²) in [7, 11) is 0. The Morgan fingerprint density at radius 3 is 2.86 bits per heavy atom. The minimum Gasteiger partial charge on any atom is -0.395 e. The molecule has 1 aromatic rings. The van der Waals surface area contributed by atoms with Gasteiger partial charge >= 0.3 is 0 Å². The lowest BCUT2D eigenvalue weighted by Gasteiger charge is -2.31. The van der Waals surface area contributed by atoms with E-state index in [0.717, 1.165) is 38.4 Å². The second-order valence-electron chi connectivity index (χ2n) is 5.28. The molecule has 1 aromatic heterocycles. The van der Waals surface area contributed by atoms with Crippen molar-refractivity contribution in [2.24, 2.45) is 0 Å². The Kier molecular flexibility index (Phi) is 6.63. The number of amides is 1. The summed E-state index contributed by atoms with van der Waals surface area (Å²) in [5, 5.41) is 13.2. The fourth-order valence-electron chi connectivity index (χ4n) is 2.48. The molecule has 2 rings (SSSR count). The van der Waals surface area contributed by atoms with Crippen molar-refractivity contribution in [3.8, 4) is 0 Å². The van der Waals surface area contributed by atoms with Crippen LogP contribution in [0.4, 0.5) is 0 Å². The number of carbonyl (C=O) groups excluding carboxylic acids is 1. The van der Waals surface area contributed by atoms with Crippen LogP contribution in [0.15, 0.2) is 16.8 Å². The van der Waals surface area contributed by atoms with Crippen molar-refractivity contribution in [3.63, 3.8) is 0 Å². The zero-order chi connectivity index (χ0) is 15.1. The van der Waals surface area contributed by atoms with Crippen LogP contribution >= 0.6 is 11.3 Å². The van der Waals surface area contributed by atoms with Gasteiger partial charge in [-0.2, -0.15) is 11.3 Å². The van der Waals surface area contributed by atoms with E-state index in [1.807, 2.05) is 23.8 Å². The third-order valence-electron chi connectivity index (χ3n) is 3.89. The van der Waals surface area contributed by atoms with Crippen molar-refractivity contribution >= 4 is 17.2 Å². The summed E-state index contributed by atoms with van der Waals surface area (Å²) in [6, 6.07) is 1.99. The summed E-state index contributed by atoms with van der Waals surface area (Å²) in [5.74, 6) is -0.0526. The number of aliphatic hydroxyl groups is 1. The summed E-state index contributed by atoms with van der Waals surface area (Å²) in [6.45, 7) is 7.20. The monoisotopic (exact) mass is 312 g/mol. The predicted molar refractivity (Wildman–Crippen MR) is 83.7 cm³/mol. The van der Waals surface area contributed by atoms with E-state index in [4.69, 9.17) is 4.74 Å². The second kappa shape index (κ2) is 8.48. The summed E-state index contributed by atoms with van der Waals surface area (Å²) < 4.78 is 5.33. The molecule has 0 spiro atoms. The van der Waals surface area contributed by atoms with E-state index in [2.05, 4.69) is 4.90 Å². The van der Waals surface area contributed by atoms with Gasteiger partial charge in [0.2, 0.25) is 5.91 Å². The first kappa shape index (κ1) is 16.4. The summed E-state index contributed by atoms with van der Waals surface area (Å²) in [4.78, 5) is 16.7. The predicted octanol–water partition coefficient (Wildman–Crippen LogP) is 1.00. The van der Waals surface area contributed by atoms with Crippen LogP contribution in [0.2, 0.25) is 0 Å². The summed E-state index contributed by atoms with van der Waals surface area (Å²) >= 11 is 1.60. The number of aliphatic hydroxyl groups excluding tert-OH is 1. The lowest BCUT2D eigenvalue weighted by molar-refractivity contribution is -0.133. The van der Waals surface area contributed by atoms with Crippen LogP contribution in [0, 0.1) is 0 Å². The van der Waals surface area contributed by atoms with Gasteiger partial charge in [0.1, 0.15) is 0 Å². The SMILES string of the molecule is CC(C(=O)N(CCO)CCN1CCOCC1)c1ccsc1. The molecule has 1 amide bonds. The number of hydrogen-bond donors (Lipinski definition) is 1. The van der Waals surface area contributed by atoms with Crippen LogP contribution < -0.4 is 0 Å². The van der Waals surface area contributed by atoms with Crippen LogP contribution in [0.5, 0.6) is 0 Å². The molecule has 0 aromatic carbocycles. The zero-order valence-electron chi connectivity index (χ0n) is 12.5. The highest BCUT2D eigenvalue weighted by molar-refractivity contribution is 7.08. The number of thiophene rings is 1. The van der Waals surface area contributed by atoms with Crippen LogP contribution in [0.3, 0.4) is 0 Å². The van der Waals surface area contributed by atoms with Crippen molar-refractivity contribution in [2.45, 2.75) is 12.8 Å². The first-order valence-corrected chi connectivity index (χ1v) is 8.38. The fraction of sp³-hybridized carbons (Fsp3) is 0.667. The topological polar surface area (TPSA) is 53.0 Å². The third-order valence-corrected chi connectivity index (χ3v) is 4.59. The maximum absolute atomic E-state index is 12.6. The van der Waals surface area contributed by atoms with Crippen LogP contribution in [-0.2, 0) is 9.53 Å². The van der Waals surface area contributed by atoms with Crippen molar-refractivity contribution in [3.05, 3.63) is 22.4 Å². The normalized spacial score (nSPS) is 17.6. The summed E-state index contributed by atoms with van der Waals surface area (Å²) in [5.41, 5.74) is 1.05. The van der Waals surface area contributed by atoms with Crippen molar-refractivity contribution in [1.29, 1.82) is 0 Å². The van der Waals surface area contributed by atoms with Crippen molar-refractivity contribution in [1.82, 2.24) is 9.80 Å². The third kappa shape index (κ3) is 4.78. The highest BCUT2D eigenvalue weighted by atomic mass is 32.1. The van der Waals surface area contributed by atoms with Gasteiger partial charge in [-0.05, 0) is 29.3 Å². The quantitative estimate of drug-likeness (QED) is 0.816. The summed E-state index contributed by atoms with van der Waals surface area (Å²) in [6.07, 6.45) is 0. The number of carbonyl (C=O) groups is 1. The van der Waals surface area contributed by atoms with E-state index in [9.17, 15) is 9.90 Å². The Bertz CT molecular complexity index is 419. The van der Waals surface area contributed by atoms with Gasteiger partial charge in [0.05, 0.1) is 25.7 Å². The van der Waals surface area contributed by atoms with Gasteiger partial charge in [-0.25, -0.2) is 0 Å². The van der Waals surface area contributed by atoms with Gasteiger partial charge in [0.15, 0.2) is 0 Å². The Labute approximate surface area is 130 Å². The van der Waals surface area contributed by atoms with E-state index in [0.29, 0.717) is 13.1 Å². The molecule has 118 valence electrons. The van der Waals surface area contributed by atoms with Gasteiger partial charge in [0, 0.05) is 32.7 Å². The lowest BCUT2D eigenvalue weighted by Crippen LogP contribution is -2.44. The van der Waals surface area contributed by atoms with Crippen molar-refractivity contribution in [2.75, 3.05) is 52.5 Å². The molecule has 5 nitrogen and oxygen atoms in total. The second-order valence-corrected chi connectivity index (χ2v) is 6.06. The fourth-order valence-corrected chi connectivity index (χ4v) is 3.23. The van der Waals surface area contributed by atoms with Crippen molar-refractivity contribution < 1.29 is 14.6 Å².